The Morgan fingerprint density at radius 1 is 1.15 bits per heavy atom. The van der Waals surface area contributed by atoms with Crippen LogP contribution >= 0.6 is 0 Å². The number of hydrogen-bond acceptors (Lipinski definition) is 3. The normalized spacial score (nSPS) is 11.8. The molecule has 0 fully saturated rings. The van der Waals surface area contributed by atoms with Gasteiger partial charge in [0.2, 0.25) is 10.0 Å². The summed E-state index contributed by atoms with van der Waals surface area (Å²) in [5.41, 5.74) is 2.11. The molecule has 0 spiro atoms. The number of hydrogen-bond donors (Lipinski definition) is 2. The van der Waals surface area contributed by atoms with Gasteiger partial charge in [-0.15, -0.1) is 0 Å². The molecule has 1 rings (SSSR count). The van der Waals surface area contributed by atoms with E-state index in [-0.39, 0.29) is 0 Å². The van der Waals surface area contributed by atoms with Crippen molar-refractivity contribution in [3.8, 4) is 0 Å². The summed E-state index contributed by atoms with van der Waals surface area (Å²) in [7, 11) is -1.53. The van der Waals surface area contributed by atoms with E-state index in [2.05, 4.69) is 17.0 Å². The highest BCUT2D eigenvalue weighted by Crippen LogP contribution is 2.15. The van der Waals surface area contributed by atoms with Crippen molar-refractivity contribution in [2.75, 3.05) is 13.6 Å². The molecule has 0 saturated heterocycles. The minimum Gasteiger partial charge on any atom is -0.316 e. The maximum absolute atomic E-state index is 12.2. The van der Waals surface area contributed by atoms with E-state index >= 15 is 0 Å². The topological polar surface area (TPSA) is 58.2 Å². The zero-order valence-electron chi connectivity index (χ0n) is 12.7. The van der Waals surface area contributed by atoms with Crippen LogP contribution in [0.3, 0.4) is 0 Å². The first-order valence-corrected chi connectivity index (χ1v) is 8.73. The molecule has 0 heterocycles. The molecule has 114 valence electrons. The van der Waals surface area contributed by atoms with Crippen LogP contribution in [-0.2, 0) is 16.6 Å². The molecule has 4 nitrogen and oxygen atoms in total. The number of benzene rings is 1. The molecule has 1 aromatic carbocycles. The Morgan fingerprint density at radius 2 is 1.90 bits per heavy atom. The van der Waals surface area contributed by atoms with Crippen molar-refractivity contribution >= 4 is 10.0 Å². The van der Waals surface area contributed by atoms with Crippen molar-refractivity contribution in [1.82, 2.24) is 10.0 Å². The molecular formula is C15H26N2O2S. The number of nitrogens with one attached hydrogen (secondary N) is 2. The van der Waals surface area contributed by atoms with Gasteiger partial charge in [-0.1, -0.05) is 32.3 Å². The van der Waals surface area contributed by atoms with Crippen molar-refractivity contribution in [3.63, 3.8) is 0 Å². The molecule has 0 aliphatic heterocycles. The van der Waals surface area contributed by atoms with Crippen molar-refractivity contribution in [3.05, 3.63) is 29.3 Å². The Kier molecular flexibility index (Phi) is 7.19. The van der Waals surface area contributed by atoms with E-state index in [0.717, 1.165) is 36.8 Å². The molecule has 2 N–H and O–H groups in total. The van der Waals surface area contributed by atoms with Crippen LogP contribution in [0, 0.1) is 6.92 Å². The predicted octanol–water partition coefficient (Wildman–Crippen LogP) is 2.57. The lowest BCUT2D eigenvalue weighted by Gasteiger charge is -2.10. The first kappa shape index (κ1) is 17.1. The first-order chi connectivity index (χ1) is 9.51. The SMILES string of the molecule is CCCCCCNS(=O)(=O)c1ccc(C)c(CNC)c1. The van der Waals surface area contributed by atoms with Gasteiger partial charge in [-0.2, -0.15) is 0 Å². The monoisotopic (exact) mass is 298 g/mol. The number of sulfonamides is 1. The third kappa shape index (κ3) is 5.23. The molecule has 0 aliphatic rings. The Balaban J connectivity index is 2.69. The van der Waals surface area contributed by atoms with Gasteiger partial charge < -0.3 is 5.32 Å². The van der Waals surface area contributed by atoms with E-state index in [9.17, 15) is 8.42 Å². The maximum atomic E-state index is 12.2. The summed E-state index contributed by atoms with van der Waals surface area (Å²) in [5.74, 6) is 0. The second-order valence-electron chi connectivity index (χ2n) is 5.08. The smallest absolute Gasteiger partial charge is 0.240 e. The molecule has 20 heavy (non-hydrogen) atoms. The minimum absolute atomic E-state index is 0.351. The lowest BCUT2D eigenvalue weighted by molar-refractivity contribution is 0.573. The molecular weight excluding hydrogens is 272 g/mol. The fourth-order valence-electron chi connectivity index (χ4n) is 2.04. The molecule has 0 amide bonds. The Bertz CT molecular complexity index is 513. The summed E-state index contributed by atoms with van der Waals surface area (Å²) < 4.78 is 27.1. The molecule has 0 unspecified atom stereocenters. The largest absolute Gasteiger partial charge is 0.316 e. The van der Waals surface area contributed by atoms with Gasteiger partial charge in [-0.3, -0.25) is 0 Å². The van der Waals surface area contributed by atoms with Gasteiger partial charge >= 0.3 is 0 Å². The third-order valence-corrected chi connectivity index (χ3v) is 4.78. The highest BCUT2D eigenvalue weighted by Gasteiger charge is 2.14. The average molecular weight is 298 g/mol. The van der Waals surface area contributed by atoms with Gasteiger partial charge in [-0.25, -0.2) is 13.1 Å². The molecule has 0 aromatic heterocycles. The first-order valence-electron chi connectivity index (χ1n) is 7.25. The maximum Gasteiger partial charge on any atom is 0.240 e. The van der Waals surface area contributed by atoms with Crippen molar-refractivity contribution in [2.24, 2.45) is 0 Å². The van der Waals surface area contributed by atoms with E-state index < -0.39 is 10.0 Å². The van der Waals surface area contributed by atoms with Crippen molar-refractivity contribution < 1.29 is 8.42 Å². The highest BCUT2D eigenvalue weighted by molar-refractivity contribution is 7.89. The van der Waals surface area contributed by atoms with Crippen LogP contribution in [0.2, 0.25) is 0 Å². The molecule has 0 aliphatic carbocycles. The quantitative estimate of drug-likeness (QED) is 0.689. The van der Waals surface area contributed by atoms with Crippen LogP contribution in [0.25, 0.3) is 0 Å². The minimum atomic E-state index is -3.38. The Labute approximate surface area is 123 Å². The third-order valence-electron chi connectivity index (χ3n) is 3.32. The summed E-state index contributed by atoms with van der Waals surface area (Å²) in [6.07, 6.45) is 4.26. The fourth-order valence-corrected chi connectivity index (χ4v) is 3.16. The average Bonchev–Trinajstić information content (AvgIpc) is 2.41. The zero-order valence-corrected chi connectivity index (χ0v) is 13.5. The summed E-state index contributed by atoms with van der Waals surface area (Å²) in [5, 5.41) is 3.05. The molecule has 5 heteroatoms. The lowest BCUT2D eigenvalue weighted by atomic mass is 10.1. The van der Waals surface area contributed by atoms with Gasteiger partial charge in [0.15, 0.2) is 0 Å². The Morgan fingerprint density at radius 3 is 2.55 bits per heavy atom. The van der Waals surface area contributed by atoms with E-state index in [1.807, 2.05) is 20.0 Å². The van der Waals surface area contributed by atoms with Crippen molar-refractivity contribution in [1.29, 1.82) is 0 Å². The van der Waals surface area contributed by atoms with Gasteiger partial charge in [-0.05, 0) is 43.7 Å². The summed E-state index contributed by atoms with van der Waals surface area (Å²) >= 11 is 0. The van der Waals surface area contributed by atoms with Crippen molar-refractivity contribution in [2.45, 2.75) is 51.0 Å². The van der Waals surface area contributed by atoms with Crippen LogP contribution in [0.5, 0.6) is 0 Å². The Hall–Kier alpha value is -0.910. The fraction of sp³-hybridized carbons (Fsp3) is 0.600. The second-order valence-corrected chi connectivity index (χ2v) is 6.84. The predicted molar refractivity (Wildman–Crippen MR) is 83.3 cm³/mol. The van der Waals surface area contributed by atoms with E-state index in [0.29, 0.717) is 18.0 Å². The number of rotatable bonds is 9. The van der Waals surface area contributed by atoms with Crippen LogP contribution in [0.1, 0.15) is 43.7 Å². The summed E-state index contributed by atoms with van der Waals surface area (Å²) in [4.78, 5) is 0.351. The van der Waals surface area contributed by atoms with Gasteiger partial charge in [0.25, 0.3) is 0 Å². The number of aryl methyl sites for hydroxylation is 1. The molecule has 1 aromatic rings. The van der Waals surface area contributed by atoms with Crippen LogP contribution in [-0.4, -0.2) is 22.0 Å². The van der Waals surface area contributed by atoms with E-state index in [4.69, 9.17) is 0 Å². The lowest BCUT2D eigenvalue weighted by Crippen LogP contribution is -2.25. The van der Waals surface area contributed by atoms with Crippen LogP contribution in [0.15, 0.2) is 23.1 Å². The van der Waals surface area contributed by atoms with Gasteiger partial charge in [0.1, 0.15) is 0 Å². The van der Waals surface area contributed by atoms with Crippen LogP contribution < -0.4 is 10.0 Å². The molecule has 0 atom stereocenters. The number of unbranched alkanes of at least 4 members (excludes halogenated alkanes) is 3. The van der Waals surface area contributed by atoms with Crippen LogP contribution in [0.4, 0.5) is 0 Å². The van der Waals surface area contributed by atoms with E-state index in [1.165, 1.54) is 0 Å². The zero-order chi connectivity index (χ0) is 15.0. The van der Waals surface area contributed by atoms with Gasteiger partial charge in [0.05, 0.1) is 4.90 Å². The molecule has 0 saturated carbocycles. The summed E-state index contributed by atoms with van der Waals surface area (Å²) in [6, 6.07) is 5.28. The molecule has 0 bridgehead atoms. The second kappa shape index (κ2) is 8.39. The standard InChI is InChI=1S/C15H26N2O2S/c1-4-5-6-7-10-17-20(18,19)15-9-8-13(2)14(11-15)12-16-3/h8-9,11,16-17H,4-7,10,12H2,1-3H3. The molecule has 0 radical (unpaired) electrons. The van der Waals surface area contributed by atoms with Gasteiger partial charge in [0, 0.05) is 13.1 Å². The van der Waals surface area contributed by atoms with E-state index in [1.54, 1.807) is 12.1 Å². The summed E-state index contributed by atoms with van der Waals surface area (Å²) in [6.45, 7) is 5.31. The highest BCUT2D eigenvalue weighted by atomic mass is 32.2.